The van der Waals surface area contributed by atoms with Crippen molar-refractivity contribution in [3.8, 4) is 0 Å². The third kappa shape index (κ3) is 3.36. The molecule has 1 saturated heterocycles. The number of nitrogens with one attached hydrogen (secondary N) is 1. The van der Waals surface area contributed by atoms with Crippen molar-refractivity contribution in [1.82, 2.24) is 15.2 Å². The van der Waals surface area contributed by atoms with Gasteiger partial charge in [-0.3, -0.25) is 9.88 Å². The molecule has 0 radical (unpaired) electrons. The van der Waals surface area contributed by atoms with Gasteiger partial charge in [-0.25, -0.2) is 4.39 Å². The topological polar surface area (TPSA) is 28.2 Å². The second-order valence-electron chi connectivity index (χ2n) is 6.21. The number of nitrogens with zero attached hydrogens (tertiary/aromatic N) is 2. The average molecular weight is 279 g/mol. The Hall–Kier alpha value is -1.00. The van der Waals surface area contributed by atoms with Crippen LogP contribution < -0.4 is 5.32 Å². The van der Waals surface area contributed by atoms with Gasteiger partial charge < -0.3 is 5.32 Å². The predicted molar refractivity (Wildman–Crippen MR) is 80.1 cm³/mol. The lowest BCUT2D eigenvalue weighted by atomic mass is 9.87. The number of halogens is 1. The summed E-state index contributed by atoms with van der Waals surface area (Å²) in [5, 5.41) is 3.36. The average Bonchev–Trinajstić information content (AvgIpc) is 2.68. The van der Waals surface area contributed by atoms with Crippen LogP contribution in [0.25, 0.3) is 0 Å². The zero-order chi connectivity index (χ0) is 14.6. The molecule has 0 amide bonds. The van der Waals surface area contributed by atoms with Crippen molar-refractivity contribution in [3.63, 3.8) is 0 Å². The minimum absolute atomic E-state index is 0.0609. The first kappa shape index (κ1) is 15.4. The lowest BCUT2D eigenvalue weighted by molar-refractivity contribution is 0.0862. The Morgan fingerprint density at radius 2 is 1.85 bits per heavy atom. The molecule has 3 nitrogen and oxygen atoms in total. The van der Waals surface area contributed by atoms with E-state index < -0.39 is 0 Å². The molecule has 1 fully saturated rings. The minimum Gasteiger partial charge on any atom is -0.311 e. The highest BCUT2D eigenvalue weighted by Crippen LogP contribution is 2.32. The van der Waals surface area contributed by atoms with Crippen molar-refractivity contribution in [1.29, 1.82) is 0 Å². The second kappa shape index (κ2) is 6.64. The summed E-state index contributed by atoms with van der Waals surface area (Å²) in [4.78, 5) is 6.53. The summed E-state index contributed by atoms with van der Waals surface area (Å²) >= 11 is 0. The summed E-state index contributed by atoms with van der Waals surface area (Å²) < 4.78 is 13.5. The summed E-state index contributed by atoms with van der Waals surface area (Å²) in [6, 6.07) is 1.66. The van der Waals surface area contributed by atoms with Gasteiger partial charge in [-0.1, -0.05) is 12.8 Å². The Labute approximate surface area is 121 Å². The number of aromatic nitrogens is 1. The Balaban J connectivity index is 2.23. The van der Waals surface area contributed by atoms with Crippen molar-refractivity contribution >= 4 is 0 Å². The van der Waals surface area contributed by atoms with Crippen LogP contribution >= 0.6 is 0 Å². The quantitative estimate of drug-likeness (QED) is 0.918. The molecule has 1 unspecified atom stereocenters. The largest absolute Gasteiger partial charge is 0.311 e. The van der Waals surface area contributed by atoms with Gasteiger partial charge in [0.25, 0.3) is 0 Å². The summed E-state index contributed by atoms with van der Waals surface area (Å²) in [6.07, 6.45) is 8.16. The molecule has 20 heavy (non-hydrogen) atoms. The number of likely N-dealkylation sites (tertiary alicyclic amines) is 1. The number of hydrogen-bond acceptors (Lipinski definition) is 3. The van der Waals surface area contributed by atoms with Crippen LogP contribution in [-0.2, 0) is 0 Å². The second-order valence-corrected chi connectivity index (χ2v) is 6.21. The first-order valence-electron chi connectivity index (χ1n) is 7.58. The van der Waals surface area contributed by atoms with Crippen molar-refractivity contribution in [2.45, 2.75) is 51.1 Å². The maximum absolute atomic E-state index is 13.5. The van der Waals surface area contributed by atoms with Gasteiger partial charge in [-0.2, -0.15) is 0 Å². The van der Waals surface area contributed by atoms with Crippen LogP contribution in [0, 0.1) is 5.82 Å². The number of hydrogen-bond donors (Lipinski definition) is 1. The Bertz CT molecular complexity index is 425. The van der Waals surface area contributed by atoms with Gasteiger partial charge >= 0.3 is 0 Å². The van der Waals surface area contributed by atoms with Gasteiger partial charge in [0, 0.05) is 11.7 Å². The zero-order valence-corrected chi connectivity index (χ0v) is 12.8. The third-order valence-electron chi connectivity index (χ3n) is 4.48. The summed E-state index contributed by atoms with van der Waals surface area (Å²) in [5.41, 5.74) is 0.857. The molecule has 1 aliphatic heterocycles. The van der Waals surface area contributed by atoms with Gasteiger partial charge in [0.15, 0.2) is 0 Å². The van der Waals surface area contributed by atoms with E-state index in [1.807, 2.05) is 7.05 Å². The lowest BCUT2D eigenvalue weighted by Gasteiger charge is -2.44. The van der Waals surface area contributed by atoms with E-state index in [4.69, 9.17) is 0 Å². The summed E-state index contributed by atoms with van der Waals surface area (Å²) in [7, 11) is 1.94. The number of likely N-dealkylation sites (N-methyl/N-ethyl adjacent to an activating group) is 1. The van der Waals surface area contributed by atoms with Gasteiger partial charge in [0.2, 0.25) is 0 Å². The number of pyridine rings is 1. The molecule has 2 rings (SSSR count). The summed E-state index contributed by atoms with van der Waals surface area (Å²) in [6.45, 7) is 6.72. The number of rotatable bonds is 4. The van der Waals surface area contributed by atoms with E-state index in [-0.39, 0.29) is 17.4 Å². The van der Waals surface area contributed by atoms with Crippen LogP contribution in [0.3, 0.4) is 0 Å². The van der Waals surface area contributed by atoms with E-state index in [9.17, 15) is 4.39 Å². The van der Waals surface area contributed by atoms with E-state index in [1.54, 1.807) is 12.3 Å². The molecule has 1 atom stereocenters. The molecule has 0 aromatic carbocycles. The highest BCUT2D eigenvalue weighted by molar-refractivity contribution is 5.19. The highest BCUT2D eigenvalue weighted by atomic mass is 19.1. The molecule has 4 heteroatoms. The molecule has 1 aliphatic rings. The van der Waals surface area contributed by atoms with E-state index in [1.165, 1.54) is 31.9 Å². The Morgan fingerprint density at radius 3 is 2.40 bits per heavy atom. The maximum atomic E-state index is 13.5. The molecule has 2 heterocycles. The normalized spacial score (nSPS) is 19.6. The SMILES string of the molecule is CNC(c1cncc(F)c1)C(C)(C)N1CCCCCC1. The molecular weight excluding hydrogens is 253 g/mol. The van der Waals surface area contributed by atoms with Crippen LogP contribution in [0.5, 0.6) is 0 Å². The van der Waals surface area contributed by atoms with Crippen molar-refractivity contribution in [2.24, 2.45) is 0 Å². The summed E-state index contributed by atoms with van der Waals surface area (Å²) in [5.74, 6) is -0.269. The monoisotopic (exact) mass is 279 g/mol. The third-order valence-corrected chi connectivity index (χ3v) is 4.48. The molecule has 112 valence electrons. The van der Waals surface area contributed by atoms with Crippen molar-refractivity contribution < 1.29 is 4.39 Å². The first-order chi connectivity index (χ1) is 9.55. The van der Waals surface area contributed by atoms with E-state index in [2.05, 4.69) is 29.0 Å². The fourth-order valence-electron chi connectivity index (χ4n) is 3.34. The van der Waals surface area contributed by atoms with Crippen molar-refractivity contribution in [3.05, 3.63) is 29.8 Å². The van der Waals surface area contributed by atoms with Gasteiger partial charge in [-0.05, 0) is 58.5 Å². The van der Waals surface area contributed by atoms with Crippen LogP contribution in [0.15, 0.2) is 18.5 Å². The van der Waals surface area contributed by atoms with Crippen molar-refractivity contribution in [2.75, 3.05) is 20.1 Å². The van der Waals surface area contributed by atoms with Crippen LogP contribution in [-0.4, -0.2) is 35.6 Å². The van der Waals surface area contributed by atoms with Crippen LogP contribution in [0.2, 0.25) is 0 Å². The standard InChI is InChI=1S/C16H26FN3/c1-16(2,20-8-6-4-5-7-9-20)15(18-3)13-10-14(17)12-19-11-13/h10-12,15,18H,4-9H2,1-3H3. The zero-order valence-electron chi connectivity index (χ0n) is 12.8. The van der Waals surface area contributed by atoms with E-state index in [0.717, 1.165) is 18.7 Å². The van der Waals surface area contributed by atoms with E-state index >= 15 is 0 Å². The molecule has 0 saturated carbocycles. The fraction of sp³-hybridized carbons (Fsp3) is 0.688. The molecule has 1 aromatic rings. The van der Waals surface area contributed by atoms with Crippen LogP contribution in [0.4, 0.5) is 4.39 Å². The Morgan fingerprint density at radius 1 is 1.20 bits per heavy atom. The molecule has 0 spiro atoms. The van der Waals surface area contributed by atoms with Gasteiger partial charge in [0.05, 0.1) is 12.2 Å². The molecule has 1 aromatic heterocycles. The minimum atomic E-state index is -0.269. The smallest absolute Gasteiger partial charge is 0.141 e. The first-order valence-corrected chi connectivity index (χ1v) is 7.58. The Kier molecular flexibility index (Phi) is 5.11. The maximum Gasteiger partial charge on any atom is 0.141 e. The molecule has 1 N–H and O–H groups in total. The molecule has 0 aliphatic carbocycles. The molecule has 0 bridgehead atoms. The fourth-order valence-corrected chi connectivity index (χ4v) is 3.34. The highest BCUT2D eigenvalue weighted by Gasteiger charge is 2.35. The van der Waals surface area contributed by atoms with E-state index in [0.29, 0.717) is 0 Å². The van der Waals surface area contributed by atoms with Gasteiger partial charge in [-0.15, -0.1) is 0 Å². The van der Waals surface area contributed by atoms with Crippen LogP contribution in [0.1, 0.15) is 51.1 Å². The van der Waals surface area contributed by atoms with Gasteiger partial charge in [0.1, 0.15) is 5.82 Å². The molecular formula is C16H26FN3. The predicted octanol–water partition coefficient (Wildman–Crippen LogP) is 3.14. The lowest BCUT2D eigenvalue weighted by Crippen LogP contribution is -2.52.